The van der Waals surface area contributed by atoms with Gasteiger partial charge in [0.15, 0.2) is 0 Å². The van der Waals surface area contributed by atoms with E-state index in [4.69, 9.17) is 9.47 Å². The van der Waals surface area contributed by atoms with Gasteiger partial charge in [0.25, 0.3) is 5.91 Å². The number of nitrogens with one attached hydrogen (secondary N) is 1. The van der Waals surface area contributed by atoms with Crippen molar-refractivity contribution in [3.8, 4) is 11.5 Å². The summed E-state index contributed by atoms with van der Waals surface area (Å²) in [5, 5.41) is 3.98. The topological polar surface area (TPSA) is 59.9 Å². The van der Waals surface area contributed by atoms with Crippen molar-refractivity contribution in [2.24, 2.45) is 5.10 Å². The third-order valence-electron chi connectivity index (χ3n) is 4.14. The molecule has 1 N–H and O–H groups in total. The first-order valence-electron chi connectivity index (χ1n) is 8.90. The molecule has 0 atom stereocenters. The molecule has 0 spiro atoms. The molecule has 0 unspecified atom stereocenters. The quantitative estimate of drug-likeness (QED) is 0.494. The Morgan fingerprint density at radius 2 is 1.57 bits per heavy atom. The standard InChI is InChI=1S/C23H22N2O3/c1-17-3-5-19(6-4-17)16-28-22-13-9-20(10-14-22)23(26)25-24-15-18-7-11-21(27-2)12-8-18/h3-15H,16H2,1-2H3,(H,25,26)/b24-15+. The highest BCUT2D eigenvalue weighted by Crippen LogP contribution is 2.15. The molecule has 0 heterocycles. The maximum Gasteiger partial charge on any atom is 0.271 e. The molecule has 28 heavy (non-hydrogen) atoms. The smallest absolute Gasteiger partial charge is 0.271 e. The average Bonchev–Trinajstić information content (AvgIpc) is 2.74. The number of benzene rings is 3. The SMILES string of the molecule is COc1ccc(/C=N/NC(=O)c2ccc(OCc3ccc(C)cc3)cc2)cc1. The van der Waals surface area contributed by atoms with Crippen molar-refractivity contribution in [2.75, 3.05) is 7.11 Å². The number of methoxy groups -OCH3 is 1. The summed E-state index contributed by atoms with van der Waals surface area (Å²) >= 11 is 0. The van der Waals surface area contributed by atoms with E-state index in [9.17, 15) is 4.79 Å². The summed E-state index contributed by atoms with van der Waals surface area (Å²) in [7, 11) is 1.61. The second-order valence-electron chi connectivity index (χ2n) is 6.27. The minimum Gasteiger partial charge on any atom is -0.497 e. The summed E-state index contributed by atoms with van der Waals surface area (Å²) in [5.74, 6) is 1.19. The van der Waals surface area contributed by atoms with Crippen LogP contribution in [0.4, 0.5) is 0 Å². The Kier molecular flexibility index (Phi) is 6.41. The summed E-state index contributed by atoms with van der Waals surface area (Å²) in [5.41, 5.74) is 6.20. The molecule has 1 amide bonds. The number of hydrazone groups is 1. The molecule has 142 valence electrons. The Bertz CT molecular complexity index is 931. The molecule has 5 nitrogen and oxygen atoms in total. The molecule has 3 aromatic carbocycles. The Balaban J connectivity index is 1.51. The third-order valence-corrected chi connectivity index (χ3v) is 4.14. The van der Waals surface area contributed by atoms with E-state index >= 15 is 0 Å². The van der Waals surface area contributed by atoms with Crippen molar-refractivity contribution >= 4 is 12.1 Å². The van der Waals surface area contributed by atoms with Crippen LogP contribution < -0.4 is 14.9 Å². The van der Waals surface area contributed by atoms with Crippen molar-refractivity contribution in [3.63, 3.8) is 0 Å². The molecule has 0 bridgehead atoms. The van der Waals surface area contributed by atoms with E-state index in [0.717, 1.165) is 16.9 Å². The van der Waals surface area contributed by atoms with E-state index in [1.807, 2.05) is 36.4 Å². The number of aryl methyl sites for hydroxylation is 1. The first-order chi connectivity index (χ1) is 13.6. The van der Waals surface area contributed by atoms with Crippen LogP contribution in [0.25, 0.3) is 0 Å². The molecule has 0 aliphatic rings. The van der Waals surface area contributed by atoms with Gasteiger partial charge in [-0.25, -0.2) is 5.43 Å². The van der Waals surface area contributed by atoms with Gasteiger partial charge in [0.05, 0.1) is 13.3 Å². The average molecular weight is 374 g/mol. The van der Waals surface area contributed by atoms with Gasteiger partial charge in [-0.2, -0.15) is 5.10 Å². The highest BCUT2D eigenvalue weighted by atomic mass is 16.5. The summed E-state index contributed by atoms with van der Waals surface area (Å²) < 4.78 is 10.9. The Hall–Kier alpha value is -3.60. The summed E-state index contributed by atoms with van der Waals surface area (Å²) in [6.45, 7) is 2.54. The fourth-order valence-corrected chi connectivity index (χ4v) is 2.47. The van der Waals surface area contributed by atoms with Gasteiger partial charge in [0.2, 0.25) is 0 Å². The largest absolute Gasteiger partial charge is 0.497 e. The molecule has 0 aliphatic heterocycles. The van der Waals surface area contributed by atoms with Gasteiger partial charge >= 0.3 is 0 Å². The Morgan fingerprint density at radius 3 is 2.21 bits per heavy atom. The predicted molar refractivity (Wildman–Crippen MR) is 110 cm³/mol. The van der Waals surface area contributed by atoms with Crippen LogP contribution in [0.15, 0.2) is 77.9 Å². The van der Waals surface area contributed by atoms with Gasteiger partial charge in [0, 0.05) is 5.56 Å². The summed E-state index contributed by atoms with van der Waals surface area (Å²) in [6, 6.07) is 22.5. The summed E-state index contributed by atoms with van der Waals surface area (Å²) in [6.07, 6.45) is 1.58. The number of nitrogens with zero attached hydrogens (tertiary/aromatic N) is 1. The summed E-state index contributed by atoms with van der Waals surface area (Å²) in [4.78, 5) is 12.2. The van der Waals surface area contributed by atoms with Crippen LogP contribution in [0.1, 0.15) is 27.0 Å². The zero-order valence-corrected chi connectivity index (χ0v) is 15.9. The molecule has 0 saturated heterocycles. The molecule has 3 rings (SSSR count). The zero-order valence-electron chi connectivity index (χ0n) is 15.9. The first kappa shape index (κ1) is 19.2. The first-order valence-corrected chi connectivity index (χ1v) is 8.90. The maximum atomic E-state index is 12.2. The minimum atomic E-state index is -0.283. The van der Waals surface area contributed by atoms with Gasteiger partial charge in [-0.15, -0.1) is 0 Å². The van der Waals surface area contributed by atoms with Crippen molar-refractivity contribution in [3.05, 3.63) is 95.1 Å². The van der Waals surface area contributed by atoms with Crippen LogP contribution in [0.5, 0.6) is 11.5 Å². The van der Waals surface area contributed by atoms with Crippen LogP contribution in [0.2, 0.25) is 0 Å². The maximum absolute atomic E-state index is 12.2. The van der Waals surface area contributed by atoms with E-state index in [-0.39, 0.29) is 5.91 Å². The zero-order chi connectivity index (χ0) is 19.8. The van der Waals surface area contributed by atoms with Crippen molar-refractivity contribution < 1.29 is 14.3 Å². The van der Waals surface area contributed by atoms with Crippen molar-refractivity contribution in [1.29, 1.82) is 0 Å². The lowest BCUT2D eigenvalue weighted by Crippen LogP contribution is -2.17. The number of carbonyl (C=O) groups is 1. The van der Waals surface area contributed by atoms with Crippen molar-refractivity contribution in [2.45, 2.75) is 13.5 Å². The van der Waals surface area contributed by atoms with Crippen molar-refractivity contribution in [1.82, 2.24) is 5.43 Å². The van der Waals surface area contributed by atoms with Gasteiger partial charge < -0.3 is 9.47 Å². The van der Waals surface area contributed by atoms with Crippen LogP contribution in [-0.2, 0) is 6.61 Å². The minimum absolute atomic E-state index is 0.283. The monoisotopic (exact) mass is 374 g/mol. The fraction of sp³-hybridized carbons (Fsp3) is 0.130. The van der Waals surface area contributed by atoms with E-state index in [0.29, 0.717) is 17.9 Å². The highest BCUT2D eigenvalue weighted by molar-refractivity contribution is 5.95. The van der Waals surface area contributed by atoms with Crippen LogP contribution in [-0.4, -0.2) is 19.2 Å². The second kappa shape index (κ2) is 9.37. The van der Waals surface area contributed by atoms with Gasteiger partial charge in [-0.05, 0) is 66.6 Å². The Labute approximate surface area is 164 Å². The van der Waals surface area contributed by atoms with Gasteiger partial charge in [-0.3, -0.25) is 4.79 Å². The molecule has 0 radical (unpaired) electrons. The van der Waals surface area contributed by atoms with E-state index in [1.165, 1.54) is 5.56 Å². The lowest BCUT2D eigenvalue weighted by atomic mass is 10.2. The number of hydrogen-bond acceptors (Lipinski definition) is 4. The van der Waals surface area contributed by atoms with E-state index in [2.05, 4.69) is 29.6 Å². The normalized spacial score (nSPS) is 10.6. The lowest BCUT2D eigenvalue weighted by Gasteiger charge is -2.07. The lowest BCUT2D eigenvalue weighted by molar-refractivity contribution is 0.0955. The van der Waals surface area contributed by atoms with Crippen LogP contribution >= 0.6 is 0 Å². The number of ether oxygens (including phenoxy) is 2. The van der Waals surface area contributed by atoms with Gasteiger partial charge in [0.1, 0.15) is 18.1 Å². The van der Waals surface area contributed by atoms with Gasteiger partial charge in [-0.1, -0.05) is 29.8 Å². The fourth-order valence-electron chi connectivity index (χ4n) is 2.47. The molecular formula is C23H22N2O3. The Morgan fingerprint density at radius 1 is 0.929 bits per heavy atom. The molecule has 3 aromatic rings. The molecule has 0 saturated carbocycles. The molecule has 0 aromatic heterocycles. The van der Waals surface area contributed by atoms with E-state index in [1.54, 1.807) is 37.6 Å². The van der Waals surface area contributed by atoms with E-state index < -0.39 is 0 Å². The number of amides is 1. The third kappa shape index (κ3) is 5.45. The second-order valence-corrected chi connectivity index (χ2v) is 6.27. The molecule has 0 aliphatic carbocycles. The predicted octanol–water partition coefficient (Wildman–Crippen LogP) is 4.35. The molecule has 5 heteroatoms. The molecular weight excluding hydrogens is 352 g/mol. The van der Waals surface area contributed by atoms with Crippen LogP contribution in [0.3, 0.4) is 0 Å². The number of rotatable bonds is 7. The van der Waals surface area contributed by atoms with Crippen LogP contribution in [0, 0.1) is 6.92 Å². The molecule has 0 fully saturated rings. The number of hydrogen-bond donors (Lipinski definition) is 1. The highest BCUT2D eigenvalue weighted by Gasteiger charge is 2.04. The number of carbonyl (C=O) groups excluding carboxylic acids is 1.